The van der Waals surface area contributed by atoms with Crippen molar-refractivity contribution in [3.63, 3.8) is 0 Å². The molecular weight excluding hydrogens is 494 g/mol. The van der Waals surface area contributed by atoms with Crippen LogP contribution in [0.1, 0.15) is 55.5 Å². The Morgan fingerprint density at radius 1 is 1.13 bits per heavy atom. The van der Waals surface area contributed by atoms with E-state index in [-0.39, 0.29) is 23.8 Å². The molecule has 4 N–H and O–H groups in total. The minimum atomic E-state index is -0.232. The zero-order valence-electron chi connectivity index (χ0n) is 23.3. The van der Waals surface area contributed by atoms with Crippen LogP contribution >= 0.6 is 0 Å². The largest absolute Gasteiger partial charge is 0.489 e. The highest BCUT2D eigenvalue weighted by molar-refractivity contribution is 5.99. The predicted octanol–water partition coefficient (Wildman–Crippen LogP) is 3.64. The summed E-state index contributed by atoms with van der Waals surface area (Å²) in [6.07, 6.45) is 8.48. The van der Waals surface area contributed by atoms with E-state index in [9.17, 15) is 9.59 Å². The molecule has 1 aliphatic carbocycles. The second-order valence-corrected chi connectivity index (χ2v) is 10.1. The van der Waals surface area contributed by atoms with Gasteiger partial charge in [-0.15, -0.1) is 0 Å². The molecule has 4 bridgehead atoms. The SMILES string of the molecule is CCN(CC)CCNC(=O)C1CCC(NC(=O)c2cnc3nc2Nc2ccc(C)c(c2)OC/C=C\CN3)CC1. The molecule has 1 saturated carbocycles. The number of carbonyl (C=O) groups excluding carboxylic acids is 2. The number of anilines is 3. The van der Waals surface area contributed by atoms with Gasteiger partial charge in [0.25, 0.3) is 5.91 Å². The summed E-state index contributed by atoms with van der Waals surface area (Å²) in [6.45, 7) is 10.7. The number of nitrogens with zero attached hydrogens (tertiary/aromatic N) is 3. The molecule has 2 aliphatic rings. The molecule has 2 aromatic rings. The van der Waals surface area contributed by atoms with E-state index in [1.165, 1.54) is 0 Å². The highest BCUT2D eigenvalue weighted by atomic mass is 16.5. The lowest BCUT2D eigenvalue weighted by atomic mass is 9.85. The number of nitrogens with one attached hydrogen (secondary N) is 4. The van der Waals surface area contributed by atoms with Crippen LogP contribution in [0, 0.1) is 12.8 Å². The van der Waals surface area contributed by atoms with E-state index in [1.54, 1.807) is 6.20 Å². The Morgan fingerprint density at radius 3 is 2.69 bits per heavy atom. The number of carbonyl (C=O) groups is 2. The van der Waals surface area contributed by atoms with Gasteiger partial charge in [-0.25, -0.2) is 4.98 Å². The van der Waals surface area contributed by atoms with Crippen LogP contribution in [-0.4, -0.2) is 72.1 Å². The first-order valence-corrected chi connectivity index (χ1v) is 14.0. The first kappa shape index (κ1) is 28.4. The number of aromatic nitrogens is 2. The summed E-state index contributed by atoms with van der Waals surface area (Å²) >= 11 is 0. The van der Waals surface area contributed by atoms with Crippen molar-refractivity contribution in [2.24, 2.45) is 5.92 Å². The molecule has 0 atom stereocenters. The number of aryl methyl sites for hydroxylation is 1. The topological polar surface area (TPSA) is 121 Å². The Morgan fingerprint density at radius 2 is 1.92 bits per heavy atom. The van der Waals surface area contributed by atoms with Crippen LogP contribution in [0.3, 0.4) is 0 Å². The van der Waals surface area contributed by atoms with E-state index < -0.39 is 0 Å². The predicted molar refractivity (Wildman–Crippen MR) is 154 cm³/mol. The third kappa shape index (κ3) is 7.92. The van der Waals surface area contributed by atoms with Crippen molar-refractivity contribution in [3.8, 4) is 5.75 Å². The molecule has 10 nitrogen and oxygen atoms in total. The van der Waals surface area contributed by atoms with Crippen molar-refractivity contribution < 1.29 is 14.3 Å². The van der Waals surface area contributed by atoms with E-state index in [0.29, 0.717) is 37.0 Å². The summed E-state index contributed by atoms with van der Waals surface area (Å²) < 4.78 is 5.90. The number of amides is 2. The minimum absolute atomic E-state index is 0.00139. The van der Waals surface area contributed by atoms with Crippen LogP contribution in [0.15, 0.2) is 36.5 Å². The van der Waals surface area contributed by atoms with Crippen LogP contribution in [0.4, 0.5) is 17.5 Å². The van der Waals surface area contributed by atoms with Gasteiger partial charge in [-0.3, -0.25) is 9.59 Å². The van der Waals surface area contributed by atoms with Crippen LogP contribution < -0.4 is 26.0 Å². The Kier molecular flexibility index (Phi) is 10.1. The molecule has 1 fully saturated rings. The molecule has 1 aromatic carbocycles. The maximum absolute atomic E-state index is 13.3. The highest BCUT2D eigenvalue weighted by Crippen LogP contribution is 2.28. The van der Waals surface area contributed by atoms with Crippen LogP contribution in [0.2, 0.25) is 0 Å². The summed E-state index contributed by atoms with van der Waals surface area (Å²) in [7, 11) is 0. The lowest BCUT2D eigenvalue weighted by molar-refractivity contribution is -0.126. The molecule has 210 valence electrons. The Labute approximate surface area is 231 Å². The average Bonchev–Trinajstić information content (AvgIpc) is 2.95. The van der Waals surface area contributed by atoms with Gasteiger partial charge in [-0.2, -0.15) is 4.98 Å². The zero-order valence-corrected chi connectivity index (χ0v) is 23.3. The quantitative estimate of drug-likeness (QED) is 0.378. The Hall–Kier alpha value is -3.66. The maximum atomic E-state index is 13.3. The van der Waals surface area contributed by atoms with E-state index in [1.807, 2.05) is 37.3 Å². The van der Waals surface area contributed by atoms with Crippen LogP contribution in [0.5, 0.6) is 5.75 Å². The normalized spacial score (nSPS) is 19.7. The second kappa shape index (κ2) is 13.9. The van der Waals surface area contributed by atoms with Gasteiger partial charge in [0.15, 0.2) is 0 Å². The molecule has 1 aliphatic heterocycles. The number of fused-ring (bicyclic) bond motifs is 4. The fourth-order valence-electron chi connectivity index (χ4n) is 4.92. The number of rotatable bonds is 8. The Balaban J connectivity index is 1.38. The lowest BCUT2D eigenvalue weighted by Crippen LogP contribution is -2.42. The first-order chi connectivity index (χ1) is 19.0. The van der Waals surface area contributed by atoms with E-state index >= 15 is 0 Å². The standard InChI is InChI=1S/C29H41N7O3/c1-4-36(5-2)16-15-30-27(37)21-9-12-22(13-10-21)34-28(38)24-19-32-29-31-14-6-7-17-39-25-18-23(11-8-20(25)3)33-26(24)35-29/h6-8,11,18-19,21-22H,4-5,9-10,12-17H2,1-3H3,(H,30,37)(H,34,38)(H2,31,32,33,35)/b7-6-. The summed E-state index contributed by atoms with van der Waals surface area (Å²) in [5, 5.41) is 12.7. The van der Waals surface area contributed by atoms with E-state index in [0.717, 1.165) is 62.3 Å². The summed E-state index contributed by atoms with van der Waals surface area (Å²) in [6, 6.07) is 5.82. The van der Waals surface area contributed by atoms with Crippen molar-refractivity contribution in [1.29, 1.82) is 0 Å². The molecule has 4 rings (SSSR count). The number of ether oxygens (including phenoxy) is 1. The minimum Gasteiger partial charge on any atom is -0.489 e. The fourth-order valence-corrected chi connectivity index (χ4v) is 4.92. The third-order valence-corrected chi connectivity index (χ3v) is 7.42. The van der Waals surface area contributed by atoms with Gasteiger partial charge in [0.1, 0.15) is 23.7 Å². The van der Waals surface area contributed by atoms with Gasteiger partial charge < -0.3 is 30.9 Å². The Bertz CT molecular complexity index is 1160. The summed E-state index contributed by atoms with van der Waals surface area (Å²) in [5.41, 5.74) is 2.16. The monoisotopic (exact) mass is 535 g/mol. The number of benzene rings is 1. The molecular formula is C29H41N7O3. The molecule has 10 heteroatoms. The number of hydrogen-bond acceptors (Lipinski definition) is 8. The fraction of sp³-hybridized carbons (Fsp3) is 0.517. The van der Waals surface area contributed by atoms with Gasteiger partial charge in [0.2, 0.25) is 11.9 Å². The van der Waals surface area contributed by atoms with Gasteiger partial charge in [-0.05, 0) is 63.4 Å². The molecule has 1 aromatic heterocycles. The molecule has 0 saturated heterocycles. The van der Waals surface area contributed by atoms with Gasteiger partial charge in [0, 0.05) is 49.5 Å². The second-order valence-electron chi connectivity index (χ2n) is 10.1. The molecule has 0 spiro atoms. The van der Waals surface area contributed by atoms with Gasteiger partial charge in [0.05, 0.1) is 0 Å². The maximum Gasteiger partial charge on any atom is 0.256 e. The van der Waals surface area contributed by atoms with Crippen molar-refractivity contribution in [1.82, 2.24) is 25.5 Å². The number of hydrogen-bond donors (Lipinski definition) is 4. The van der Waals surface area contributed by atoms with E-state index in [4.69, 9.17) is 4.74 Å². The van der Waals surface area contributed by atoms with E-state index in [2.05, 4.69) is 50.0 Å². The summed E-state index contributed by atoms with van der Waals surface area (Å²) in [4.78, 5) is 37.2. The van der Waals surface area contributed by atoms with Crippen molar-refractivity contribution >= 4 is 29.3 Å². The average molecular weight is 536 g/mol. The van der Waals surface area contributed by atoms with Crippen LogP contribution in [-0.2, 0) is 4.79 Å². The molecule has 2 heterocycles. The lowest BCUT2D eigenvalue weighted by Gasteiger charge is -2.29. The molecule has 2 amide bonds. The zero-order chi connectivity index (χ0) is 27.6. The third-order valence-electron chi connectivity index (χ3n) is 7.42. The van der Waals surface area contributed by atoms with Crippen molar-refractivity contribution in [3.05, 3.63) is 47.7 Å². The van der Waals surface area contributed by atoms with Crippen molar-refractivity contribution in [2.75, 3.05) is 50.0 Å². The summed E-state index contributed by atoms with van der Waals surface area (Å²) in [5.74, 6) is 1.50. The first-order valence-electron chi connectivity index (χ1n) is 14.0. The highest BCUT2D eigenvalue weighted by Gasteiger charge is 2.28. The smallest absolute Gasteiger partial charge is 0.256 e. The number of likely N-dealkylation sites (N-methyl/N-ethyl adjacent to an activating group) is 1. The molecule has 0 unspecified atom stereocenters. The van der Waals surface area contributed by atoms with Gasteiger partial charge >= 0.3 is 0 Å². The van der Waals surface area contributed by atoms with Gasteiger partial charge in [-0.1, -0.05) is 26.0 Å². The molecule has 39 heavy (non-hydrogen) atoms. The van der Waals surface area contributed by atoms with Crippen molar-refractivity contribution in [2.45, 2.75) is 52.5 Å². The molecule has 0 radical (unpaired) electrons. The van der Waals surface area contributed by atoms with Crippen LogP contribution in [0.25, 0.3) is 0 Å².